The Morgan fingerprint density at radius 1 is 1.14 bits per heavy atom. The van der Waals surface area contributed by atoms with E-state index in [1.54, 1.807) is 34.1 Å². The fraction of sp³-hybridized carbons (Fsp3) is 0.391. The van der Waals surface area contributed by atoms with Crippen molar-refractivity contribution < 1.29 is 14.0 Å². The minimum atomic E-state index is -0.306. The van der Waals surface area contributed by atoms with E-state index in [2.05, 4.69) is 19.2 Å². The minimum Gasteiger partial charge on any atom is -0.352 e. The SMILES string of the molecule is CC(C)CCNC(=O)c1cccc(N2CCCN(Cc3cccc(F)c3)C2=O)c1. The first-order chi connectivity index (χ1) is 13.9. The molecule has 154 valence electrons. The van der Waals surface area contributed by atoms with E-state index in [4.69, 9.17) is 0 Å². The van der Waals surface area contributed by atoms with Gasteiger partial charge in [0.25, 0.3) is 5.91 Å². The zero-order valence-electron chi connectivity index (χ0n) is 17.0. The summed E-state index contributed by atoms with van der Waals surface area (Å²) >= 11 is 0. The van der Waals surface area contributed by atoms with Crippen LogP contribution in [0.2, 0.25) is 0 Å². The maximum atomic E-state index is 13.5. The number of anilines is 1. The van der Waals surface area contributed by atoms with Crippen molar-refractivity contribution in [2.75, 3.05) is 24.5 Å². The number of carbonyl (C=O) groups excluding carboxylic acids is 2. The van der Waals surface area contributed by atoms with Gasteiger partial charge in [0.15, 0.2) is 0 Å². The third kappa shape index (κ3) is 5.56. The van der Waals surface area contributed by atoms with Crippen LogP contribution < -0.4 is 10.2 Å². The van der Waals surface area contributed by atoms with Crippen molar-refractivity contribution in [2.24, 2.45) is 5.92 Å². The van der Waals surface area contributed by atoms with Crippen molar-refractivity contribution in [3.8, 4) is 0 Å². The number of rotatable bonds is 7. The lowest BCUT2D eigenvalue weighted by atomic mass is 10.1. The molecular formula is C23H28FN3O2. The zero-order valence-corrected chi connectivity index (χ0v) is 17.0. The Morgan fingerprint density at radius 3 is 2.69 bits per heavy atom. The molecule has 2 aromatic rings. The van der Waals surface area contributed by atoms with Gasteiger partial charge in [-0.15, -0.1) is 0 Å². The van der Waals surface area contributed by atoms with E-state index in [1.807, 2.05) is 12.1 Å². The first-order valence-electron chi connectivity index (χ1n) is 10.1. The summed E-state index contributed by atoms with van der Waals surface area (Å²) in [5.74, 6) is 0.0882. The fourth-order valence-corrected chi connectivity index (χ4v) is 3.42. The Hall–Kier alpha value is -2.89. The standard InChI is InChI=1S/C23H28FN3O2/c1-17(2)10-11-25-22(28)19-7-4-9-21(15-19)27-13-5-12-26(23(27)29)16-18-6-3-8-20(24)14-18/h3-4,6-9,14-15,17H,5,10-13,16H2,1-2H3,(H,25,28). The van der Waals surface area contributed by atoms with E-state index in [0.717, 1.165) is 18.4 Å². The van der Waals surface area contributed by atoms with Crippen molar-refractivity contribution in [3.05, 3.63) is 65.5 Å². The number of nitrogens with zero attached hydrogens (tertiary/aromatic N) is 2. The molecule has 0 bridgehead atoms. The van der Waals surface area contributed by atoms with Crippen LogP contribution in [0.25, 0.3) is 0 Å². The number of hydrogen-bond acceptors (Lipinski definition) is 2. The molecule has 0 aliphatic carbocycles. The van der Waals surface area contributed by atoms with Crippen LogP contribution in [-0.4, -0.2) is 36.5 Å². The van der Waals surface area contributed by atoms with Crippen molar-refractivity contribution in [1.29, 1.82) is 0 Å². The smallest absolute Gasteiger partial charge is 0.324 e. The molecule has 0 spiro atoms. The molecule has 29 heavy (non-hydrogen) atoms. The topological polar surface area (TPSA) is 52.7 Å². The molecule has 0 unspecified atom stereocenters. The number of carbonyl (C=O) groups is 2. The summed E-state index contributed by atoms with van der Waals surface area (Å²) < 4.78 is 13.5. The molecule has 0 saturated carbocycles. The van der Waals surface area contributed by atoms with Crippen LogP contribution in [0.15, 0.2) is 48.5 Å². The molecule has 1 heterocycles. The molecular weight excluding hydrogens is 369 g/mol. The largest absolute Gasteiger partial charge is 0.352 e. The molecule has 2 aromatic carbocycles. The Balaban J connectivity index is 1.69. The quantitative estimate of drug-likeness (QED) is 0.751. The summed E-state index contributed by atoms with van der Waals surface area (Å²) in [6, 6.07) is 13.3. The van der Waals surface area contributed by atoms with Gasteiger partial charge < -0.3 is 10.2 Å². The first kappa shape index (κ1) is 20.8. The molecule has 3 amide bonds. The van der Waals surface area contributed by atoms with Gasteiger partial charge in [-0.3, -0.25) is 9.69 Å². The van der Waals surface area contributed by atoms with Crippen LogP contribution in [0.3, 0.4) is 0 Å². The second kappa shape index (κ2) is 9.54. The van der Waals surface area contributed by atoms with E-state index in [9.17, 15) is 14.0 Å². The summed E-state index contributed by atoms with van der Waals surface area (Å²) in [7, 11) is 0. The molecule has 0 aromatic heterocycles. The van der Waals surface area contributed by atoms with Gasteiger partial charge in [-0.1, -0.05) is 32.0 Å². The van der Waals surface area contributed by atoms with Crippen LogP contribution in [0, 0.1) is 11.7 Å². The molecule has 3 rings (SSSR count). The fourth-order valence-electron chi connectivity index (χ4n) is 3.42. The average Bonchev–Trinajstić information content (AvgIpc) is 2.69. The van der Waals surface area contributed by atoms with Crippen LogP contribution in [-0.2, 0) is 6.54 Å². The number of hydrogen-bond donors (Lipinski definition) is 1. The summed E-state index contributed by atoms with van der Waals surface area (Å²) in [5, 5.41) is 2.93. The monoisotopic (exact) mass is 397 g/mol. The van der Waals surface area contributed by atoms with Crippen molar-refractivity contribution in [2.45, 2.75) is 33.2 Å². The summed E-state index contributed by atoms with van der Waals surface area (Å²) in [6.07, 6.45) is 1.73. The number of urea groups is 1. The summed E-state index contributed by atoms with van der Waals surface area (Å²) in [5.41, 5.74) is 2.01. The maximum absolute atomic E-state index is 13.5. The van der Waals surface area contributed by atoms with E-state index in [-0.39, 0.29) is 17.8 Å². The van der Waals surface area contributed by atoms with Gasteiger partial charge in [-0.25, -0.2) is 9.18 Å². The van der Waals surface area contributed by atoms with E-state index in [1.165, 1.54) is 12.1 Å². The lowest BCUT2D eigenvalue weighted by Crippen LogP contribution is -2.49. The lowest BCUT2D eigenvalue weighted by Gasteiger charge is -2.35. The maximum Gasteiger partial charge on any atom is 0.324 e. The van der Waals surface area contributed by atoms with Gasteiger partial charge in [-0.05, 0) is 54.7 Å². The van der Waals surface area contributed by atoms with Gasteiger partial charge >= 0.3 is 6.03 Å². The molecule has 1 aliphatic rings. The predicted octanol–water partition coefficient (Wildman–Crippen LogP) is 4.43. The number of amides is 3. The third-order valence-corrected chi connectivity index (χ3v) is 5.00. The van der Waals surface area contributed by atoms with Crippen LogP contribution in [0.5, 0.6) is 0 Å². The average molecular weight is 397 g/mol. The Bertz CT molecular complexity index is 869. The summed E-state index contributed by atoms with van der Waals surface area (Å²) in [6.45, 7) is 6.44. The predicted molar refractivity (Wildman–Crippen MR) is 112 cm³/mol. The van der Waals surface area contributed by atoms with Crippen molar-refractivity contribution >= 4 is 17.6 Å². The zero-order chi connectivity index (χ0) is 20.8. The first-order valence-corrected chi connectivity index (χ1v) is 10.1. The van der Waals surface area contributed by atoms with E-state index in [0.29, 0.717) is 43.3 Å². The molecule has 0 atom stereocenters. The molecule has 1 aliphatic heterocycles. The number of nitrogens with one attached hydrogen (secondary N) is 1. The molecule has 6 heteroatoms. The highest BCUT2D eigenvalue weighted by atomic mass is 19.1. The highest BCUT2D eigenvalue weighted by Crippen LogP contribution is 2.23. The number of halogens is 1. The third-order valence-electron chi connectivity index (χ3n) is 5.00. The molecule has 0 radical (unpaired) electrons. The number of benzene rings is 2. The van der Waals surface area contributed by atoms with Gasteiger partial charge in [-0.2, -0.15) is 0 Å². The molecule has 1 fully saturated rings. The van der Waals surface area contributed by atoms with Crippen LogP contribution in [0.1, 0.15) is 42.6 Å². The molecule has 1 N–H and O–H groups in total. The van der Waals surface area contributed by atoms with Crippen LogP contribution >= 0.6 is 0 Å². The Kier molecular flexibility index (Phi) is 6.86. The second-order valence-electron chi connectivity index (χ2n) is 7.83. The van der Waals surface area contributed by atoms with Gasteiger partial charge in [0.1, 0.15) is 5.82 Å². The minimum absolute atomic E-state index is 0.127. The second-order valence-corrected chi connectivity index (χ2v) is 7.83. The summed E-state index contributed by atoms with van der Waals surface area (Å²) in [4.78, 5) is 28.8. The van der Waals surface area contributed by atoms with Gasteiger partial charge in [0.2, 0.25) is 0 Å². The van der Waals surface area contributed by atoms with Crippen LogP contribution in [0.4, 0.5) is 14.9 Å². The van der Waals surface area contributed by atoms with Crippen molar-refractivity contribution in [1.82, 2.24) is 10.2 Å². The van der Waals surface area contributed by atoms with E-state index < -0.39 is 0 Å². The van der Waals surface area contributed by atoms with E-state index >= 15 is 0 Å². The lowest BCUT2D eigenvalue weighted by molar-refractivity contribution is 0.0952. The molecule has 5 nitrogen and oxygen atoms in total. The normalized spacial score (nSPS) is 14.4. The molecule has 1 saturated heterocycles. The highest BCUT2D eigenvalue weighted by molar-refractivity contribution is 5.98. The highest BCUT2D eigenvalue weighted by Gasteiger charge is 2.27. The van der Waals surface area contributed by atoms with Gasteiger partial charge in [0.05, 0.1) is 0 Å². The Morgan fingerprint density at radius 2 is 1.93 bits per heavy atom. The van der Waals surface area contributed by atoms with Crippen molar-refractivity contribution in [3.63, 3.8) is 0 Å². The Labute approximate surface area is 171 Å². The van der Waals surface area contributed by atoms with Gasteiger partial charge in [0, 0.05) is 37.4 Å².